The second-order valence-electron chi connectivity index (χ2n) is 5.58. The summed E-state index contributed by atoms with van der Waals surface area (Å²) in [7, 11) is 0. The van der Waals surface area contributed by atoms with Crippen LogP contribution in [0, 0.1) is 0 Å². The highest BCUT2D eigenvalue weighted by atomic mass is 16.3. The molecule has 3 nitrogen and oxygen atoms in total. The van der Waals surface area contributed by atoms with E-state index in [0.29, 0.717) is 12.0 Å². The Morgan fingerprint density at radius 2 is 1.61 bits per heavy atom. The Morgan fingerprint density at radius 1 is 0.913 bits per heavy atom. The van der Waals surface area contributed by atoms with Crippen LogP contribution in [0.25, 0.3) is 10.8 Å². The van der Waals surface area contributed by atoms with Crippen molar-refractivity contribution in [3.8, 4) is 0 Å². The van der Waals surface area contributed by atoms with Crippen LogP contribution in [0.15, 0.2) is 72.8 Å². The summed E-state index contributed by atoms with van der Waals surface area (Å²) in [5.74, 6) is -0.158. The summed E-state index contributed by atoms with van der Waals surface area (Å²) in [4.78, 5) is 12.4. The van der Waals surface area contributed by atoms with E-state index in [4.69, 9.17) is 0 Å². The number of hydrogen-bond donors (Lipinski definition) is 2. The fourth-order valence-corrected chi connectivity index (χ4v) is 2.69. The largest absolute Gasteiger partial charge is 0.391 e. The number of hydrogen-bond acceptors (Lipinski definition) is 2. The van der Waals surface area contributed by atoms with Crippen molar-refractivity contribution in [2.24, 2.45) is 0 Å². The molecule has 116 valence electrons. The quantitative estimate of drug-likeness (QED) is 0.760. The van der Waals surface area contributed by atoms with Crippen molar-refractivity contribution in [1.29, 1.82) is 0 Å². The van der Waals surface area contributed by atoms with Gasteiger partial charge in [0.15, 0.2) is 0 Å². The van der Waals surface area contributed by atoms with Crippen LogP contribution in [0.2, 0.25) is 0 Å². The van der Waals surface area contributed by atoms with Gasteiger partial charge in [0.25, 0.3) is 5.91 Å². The molecule has 0 aliphatic rings. The normalized spacial score (nSPS) is 12.0. The van der Waals surface area contributed by atoms with Crippen molar-refractivity contribution in [2.45, 2.75) is 12.5 Å². The van der Waals surface area contributed by atoms with Crippen LogP contribution in [-0.2, 0) is 6.42 Å². The second-order valence-corrected chi connectivity index (χ2v) is 5.58. The van der Waals surface area contributed by atoms with Crippen LogP contribution in [0.3, 0.4) is 0 Å². The smallest absolute Gasteiger partial charge is 0.252 e. The monoisotopic (exact) mass is 305 g/mol. The molecule has 2 N–H and O–H groups in total. The maximum Gasteiger partial charge on any atom is 0.252 e. The topological polar surface area (TPSA) is 49.3 Å². The molecule has 0 saturated heterocycles. The van der Waals surface area contributed by atoms with Crippen LogP contribution in [0.1, 0.15) is 15.9 Å². The highest BCUT2D eigenvalue weighted by Gasteiger charge is 2.12. The molecule has 0 heterocycles. The second kappa shape index (κ2) is 7.07. The zero-order valence-corrected chi connectivity index (χ0v) is 12.8. The van der Waals surface area contributed by atoms with Gasteiger partial charge in [0.05, 0.1) is 6.10 Å². The summed E-state index contributed by atoms with van der Waals surface area (Å²) < 4.78 is 0. The van der Waals surface area contributed by atoms with E-state index >= 15 is 0 Å². The third kappa shape index (κ3) is 3.76. The van der Waals surface area contributed by atoms with E-state index in [1.807, 2.05) is 66.7 Å². The minimum Gasteiger partial charge on any atom is -0.391 e. The number of nitrogens with one attached hydrogen (secondary N) is 1. The molecular formula is C20H19NO2. The molecular weight excluding hydrogens is 286 g/mol. The van der Waals surface area contributed by atoms with E-state index < -0.39 is 6.10 Å². The molecule has 0 aliphatic heterocycles. The standard InChI is InChI=1S/C20H19NO2/c22-17(13-15-7-2-1-3-8-15)14-21-20(23)19-12-6-10-16-9-4-5-11-18(16)19/h1-12,17,22H,13-14H2,(H,21,23). The number of carbonyl (C=O) groups excluding carboxylic acids is 1. The summed E-state index contributed by atoms with van der Waals surface area (Å²) >= 11 is 0. The lowest BCUT2D eigenvalue weighted by molar-refractivity contribution is 0.0917. The molecule has 0 fully saturated rings. The molecule has 0 saturated carbocycles. The Morgan fingerprint density at radius 3 is 2.43 bits per heavy atom. The van der Waals surface area contributed by atoms with Crippen molar-refractivity contribution in [2.75, 3.05) is 6.54 Å². The molecule has 3 aromatic rings. The Kier molecular flexibility index (Phi) is 4.69. The Balaban J connectivity index is 1.65. The number of aliphatic hydroxyl groups excluding tert-OH is 1. The van der Waals surface area contributed by atoms with Gasteiger partial charge in [-0.15, -0.1) is 0 Å². The van der Waals surface area contributed by atoms with E-state index in [9.17, 15) is 9.90 Å². The van der Waals surface area contributed by atoms with Crippen LogP contribution < -0.4 is 5.32 Å². The molecule has 3 aromatic carbocycles. The summed E-state index contributed by atoms with van der Waals surface area (Å²) in [6.45, 7) is 0.233. The molecule has 0 aliphatic carbocycles. The predicted octanol–water partition coefficient (Wildman–Crippen LogP) is 3.17. The minimum atomic E-state index is -0.601. The van der Waals surface area contributed by atoms with E-state index in [1.165, 1.54) is 0 Å². The molecule has 1 unspecified atom stereocenters. The van der Waals surface area contributed by atoms with Crippen LogP contribution in [-0.4, -0.2) is 23.7 Å². The summed E-state index contributed by atoms with van der Waals surface area (Å²) in [5, 5.41) is 14.9. The van der Waals surface area contributed by atoms with Gasteiger partial charge in [-0.25, -0.2) is 0 Å². The van der Waals surface area contributed by atoms with Gasteiger partial charge >= 0.3 is 0 Å². The molecule has 0 spiro atoms. The van der Waals surface area contributed by atoms with Crippen molar-refractivity contribution in [3.63, 3.8) is 0 Å². The Hall–Kier alpha value is -2.65. The van der Waals surface area contributed by atoms with Gasteiger partial charge in [-0.1, -0.05) is 66.7 Å². The van der Waals surface area contributed by atoms with Gasteiger partial charge in [0.1, 0.15) is 0 Å². The van der Waals surface area contributed by atoms with Crippen molar-refractivity contribution >= 4 is 16.7 Å². The van der Waals surface area contributed by atoms with E-state index in [2.05, 4.69) is 5.32 Å². The van der Waals surface area contributed by atoms with Crippen LogP contribution in [0.4, 0.5) is 0 Å². The summed E-state index contributed by atoms with van der Waals surface area (Å²) in [5.41, 5.74) is 1.69. The summed E-state index contributed by atoms with van der Waals surface area (Å²) in [6.07, 6.45) is -0.0762. The van der Waals surface area contributed by atoms with Crippen LogP contribution in [0.5, 0.6) is 0 Å². The average Bonchev–Trinajstić information content (AvgIpc) is 2.60. The fourth-order valence-electron chi connectivity index (χ4n) is 2.69. The Labute approximate surface area is 135 Å². The predicted molar refractivity (Wildman–Crippen MR) is 92.4 cm³/mol. The first-order valence-electron chi connectivity index (χ1n) is 7.72. The van der Waals surface area contributed by atoms with Crippen LogP contribution >= 0.6 is 0 Å². The van der Waals surface area contributed by atoms with Gasteiger partial charge in [-0.05, 0) is 22.4 Å². The SMILES string of the molecule is O=C(NCC(O)Cc1ccccc1)c1cccc2ccccc12. The molecule has 0 radical (unpaired) electrons. The van der Waals surface area contributed by atoms with Crippen molar-refractivity contribution in [1.82, 2.24) is 5.32 Å². The van der Waals surface area contributed by atoms with Crippen molar-refractivity contribution < 1.29 is 9.90 Å². The fraction of sp³-hybridized carbons (Fsp3) is 0.150. The zero-order chi connectivity index (χ0) is 16.1. The number of aliphatic hydroxyl groups is 1. The van der Waals surface area contributed by atoms with E-state index in [0.717, 1.165) is 16.3 Å². The maximum absolute atomic E-state index is 12.4. The van der Waals surface area contributed by atoms with Gasteiger partial charge < -0.3 is 10.4 Å². The number of benzene rings is 3. The molecule has 0 bridgehead atoms. The van der Waals surface area contributed by atoms with Gasteiger partial charge in [-0.3, -0.25) is 4.79 Å². The minimum absolute atomic E-state index is 0.158. The molecule has 3 rings (SSSR count). The third-order valence-electron chi connectivity index (χ3n) is 3.85. The lowest BCUT2D eigenvalue weighted by Gasteiger charge is -2.13. The number of amides is 1. The third-order valence-corrected chi connectivity index (χ3v) is 3.85. The number of fused-ring (bicyclic) bond motifs is 1. The molecule has 3 heteroatoms. The van der Waals surface area contributed by atoms with Gasteiger partial charge in [-0.2, -0.15) is 0 Å². The average molecular weight is 305 g/mol. The first kappa shape index (κ1) is 15.3. The lowest BCUT2D eigenvalue weighted by Crippen LogP contribution is -2.33. The number of carbonyl (C=O) groups is 1. The molecule has 1 amide bonds. The highest BCUT2D eigenvalue weighted by molar-refractivity contribution is 6.06. The molecule has 1 atom stereocenters. The van der Waals surface area contributed by atoms with Gasteiger partial charge in [0, 0.05) is 18.5 Å². The molecule has 0 aromatic heterocycles. The van der Waals surface area contributed by atoms with E-state index in [1.54, 1.807) is 6.07 Å². The maximum atomic E-state index is 12.4. The Bertz CT molecular complexity index is 794. The number of rotatable bonds is 5. The van der Waals surface area contributed by atoms with E-state index in [-0.39, 0.29) is 12.5 Å². The van der Waals surface area contributed by atoms with Gasteiger partial charge in [0.2, 0.25) is 0 Å². The molecule has 23 heavy (non-hydrogen) atoms. The first-order chi connectivity index (χ1) is 11.2. The highest BCUT2D eigenvalue weighted by Crippen LogP contribution is 2.18. The van der Waals surface area contributed by atoms with Crippen molar-refractivity contribution in [3.05, 3.63) is 83.9 Å². The first-order valence-corrected chi connectivity index (χ1v) is 7.72. The lowest BCUT2D eigenvalue weighted by atomic mass is 10.0. The summed E-state index contributed by atoms with van der Waals surface area (Å²) in [6, 6.07) is 23.2. The zero-order valence-electron chi connectivity index (χ0n) is 12.8.